The molecule has 0 amide bonds. The van der Waals surface area contributed by atoms with Gasteiger partial charge in [0.1, 0.15) is 17.5 Å². The van der Waals surface area contributed by atoms with E-state index in [1.807, 2.05) is 13.8 Å². The molecule has 0 bridgehead atoms. The van der Waals surface area contributed by atoms with Gasteiger partial charge in [0, 0.05) is 12.5 Å². The van der Waals surface area contributed by atoms with Crippen LogP contribution in [0.3, 0.4) is 0 Å². The molecule has 19 heavy (non-hydrogen) atoms. The lowest BCUT2D eigenvalue weighted by Crippen LogP contribution is -2.45. The highest BCUT2D eigenvalue weighted by atomic mass is 16.3. The lowest BCUT2D eigenvalue weighted by Gasteiger charge is -2.30. The van der Waals surface area contributed by atoms with Crippen LogP contribution in [0.4, 0.5) is 11.6 Å². The fraction of sp³-hybridized carbons (Fsp3) is 0.667. The molecule has 1 aromatic rings. The van der Waals surface area contributed by atoms with Crippen LogP contribution in [-0.4, -0.2) is 38.9 Å². The van der Waals surface area contributed by atoms with E-state index in [-0.39, 0.29) is 13.2 Å². The minimum absolute atomic E-state index is 0.182. The maximum Gasteiger partial charge on any atom is 0.145 e. The number of nitrogens with two attached hydrogens (primary N) is 1. The third kappa shape index (κ3) is 4.02. The first-order valence-corrected chi connectivity index (χ1v) is 6.47. The number of rotatable bonds is 8. The number of aryl methyl sites for hydroxylation is 1. The van der Waals surface area contributed by atoms with Crippen molar-refractivity contribution in [3.8, 4) is 0 Å². The van der Waals surface area contributed by atoms with Gasteiger partial charge >= 0.3 is 0 Å². The van der Waals surface area contributed by atoms with Crippen LogP contribution in [-0.2, 0) is 6.42 Å². The minimum Gasteiger partial charge on any atom is -0.394 e. The van der Waals surface area contributed by atoms with E-state index >= 15 is 0 Å². The first kappa shape index (κ1) is 15.6. The molecule has 7 heteroatoms. The smallest absolute Gasteiger partial charge is 0.145 e. The van der Waals surface area contributed by atoms with Gasteiger partial charge in [0.25, 0.3) is 0 Å². The second-order valence-electron chi connectivity index (χ2n) is 4.52. The predicted octanol–water partition coefficient (Wildman–Crippen LogP) is 0.260. The molecule has 0 aliphatic rings. The number of aliphatic hydroxyl groups excluding tert-OH is 2. The highest BCUT2D eigenvalue weighted by molar-refractivity contribution is 5.48. The molecule has 0 saturated heterocycles. The Morgan fingerprint density at radius 3 is 2.32 bits per heavy atom. The number of aromatic nitrogens is 2. The summed E-state index contributed by atoms with van der Waals surface area (Å²) in [5.74, 6) is 7.09. The topological polar surface area (TPSA) is 116 Å². The second kappa shape index (κ2) is 7.22. The number of nitrogens with zero attached hydrogens (tertiary/aromatic N) is 2. The summed E-state index contributed by atoms with van der Waals surface area (Å²) in [5.41, 5.74) is 1.70. The zero-order valence-corrected chi connectivity index (χ0v) is 11.5. The van der Waals surface area contributed by atoms with Crippen molar-refractivity contribution in [3.63, 3.8) is 0 Å². The van der Waals surface area contributed by atoms with Crippen molar-refractivity contribution < 1.29 is 10.2 Å². The van der Waals surface area contributed by atoms with E-state index in [1.165, 1.54) is 0 Å². The van der Waals surface area contributed by atoms with Crippen molar-refractivity contribution in [2.75, 3.05) is 24.0 Å². The van der Waals surface area contributed by atoms with Crippen molar-refractivity contribution in [1.82, 2.24) is 9.97 Å². The average molecular weight is 269 g/mol. The fourth-order valence-electron chi connectivity index (χ4n) is 1.68. The molecule has 0 aromatic carbocycles. The number of nitrogens with one attached hydrogen (secondary N) is 2. The normalized spacial score (nSPS) is 11.4. The van der Waals surface area contributed by atoms with E-state index in [4.69, 9.17) is 5.84 Å². The van der Waals surface area contributed by atoms with Crippen molar-refractivity contribution in [2.45, 2.75) is 38.6 Å². The summed E-state index contributed by atoms with van der Waals surface area (Å²) in [4.78, 5) is 8.60. The van der Waals surface area contributed by atoms with Gasteiger partial charge < -0.3 is 21.0 Å². The molecular formula is C12H23N5O2. The molecule has 0 atom stereocenters. The van der Waals surface area contributed by atoms with E-state index in [0.29, 0.717) is 23.9 Å². The first-order valence-electron chi connectivity index (χ1n) is 6.47. The number of hydrogen-bond acceptors (Lipinski definition) is 7. The SMILES string of the molecule is CCCc1nc(NN)cc(NC(CC)(CO)CO)n1. The Morgan fingerprint density at radius 2 is 1.84 bits per heavy atom. The van der Waals surface area contributed by atoms with Gasteiger partial charge in [-0.1, -0.05) is 13.8 Å². The van der Waals surface area contributed by atoms with Crippen LogP contribution in [0.5, 0.6) is 0 Å². The molecule has 0 aliphatic heterocycles. The van der Waals surface area contributed by atoms with Crippen LogP contribution in [0.15, 0.2) is 6.07 Å². The lowest BCUT2D eigenvalue weighted by atomic mass is 9.98. The summed E-state index contributed by atoms with van der Waals surface area (Å²) in [6.07, 6.45) is 2.23. The van der Waals surface area contributed by atoms with Crippen LogP contribution < -0.4 is 16.6 Å². The number of aliphatic hydroxyl groups is 2. The molecule has 6 N–H and O–H groups in total. The van der Waals surface area contributed by atoms with E-state index in [1.54, 1.807) is 6.07 Å². The van der Waals surface area contributed by atoms with Gasteiger partial charge in [0.05, 0.1) is 18.8 Å². The van der Waals surface area contributed by atoms with Gasteiger partial charge in [-0.3, -0.25) is 0 Å². The molecule has 1 rings (SSSR count). The highest BCUT2D eigenvalue weighted by Gasteiger charge is 2.27. The maximum atomic E-state index is 9.43. The van der Waals surface area contributed by atoms with Gasteiger partial charge in [-0.05, 0) is 12.8 Å². The molecule has 1 heterocycles. The molecule has 0 aliphatic carbocycles. The maximum absolute atomic E-state index is 9.43. The van der Waals surface area contributed by atoms with Crippen molar-refractivity contribution >= 4 is 11.6 Å². The molecule has 1 aromatic heterocycles. The van der Waals surface area contributed by atoms with E-state index in [9.17, 15) is 10.2 Å². The minimum atomic E-state index is -0.788. The quantitative estimate of drug-likeness (QED) is 0.339. The Bertz CT molecular complexity index is 387. The summed E-state index contributed by atoms with van der Waals surface area (Å²) < 4.78 is 0. The van der Waals surface area contributed by atoms with Crippen LogP contribution in [0.2, 0.25) is 0 Å². The summed E-state index contributed by atoms with van der Waals surface area (Å²) in [6.45, 7) is 3.56. The predicted molar refractivity (Wildman–Crippen MR) is 74.7 cm³/mol. The molecule has 0 unspecified atom stereocenters. The lowest BCUT2D eigenvalue weighted by molar-refractivity contribution is 0.132. The molecule has 0 fully saturated rings. The van der Waals surface area contributed by atoms with Crippen molar-refractivity contribution in [1.29, 1.82) is 0 Å². The van der Waals surface area contributed by atoms with E-state index < -0.39 is 5.54 Å². The molecule has 7 nitrogen and oxygen atoms in total. The largest absolute Gasteiger partial charge is 0.394 e. The van der Waals surface area contributed by atoms with Crippen LogP contribution in [0.25, 0.3) is 0 Å². The number of hydrazine groups is 1. The average Bonchev–Trinajstić information content (AvgIpc) is 2.45. The third-order valence-electron chi connectivity index (χ3n) is 3.07. The molecule has 108 valence electrons. The van der Waals surface area contributed by atoms with Crippen LogP contribution in [0.1, 0.15) is 32.5 Å². The van der Waals surface area contributed by atoms with Gasteiger partial charge in [0.2, 0.25) is 0 Å². The fourth-order valence-corrected chi connectivity index (χ4v) is 1.68. The molecular weight excluding hydrogens is 246 g/mol. The van der Waals surface area contributed by atoms with Crippen molar-refractivity contribution in [2.24, 2.45) is 5.84 Å². The summed E-state index contributed by atoms with van der Waals surface area (Å²) >= 11 is 0. The van der Waals surface area contributed by atoms with Gasteiger partial charge in [-0.15, -0.1) is 0 Å². The van der Waals surface area contributed by atoms with Crippen molar-refractivity contribution in [3.05, 3.63) is 11.9 Å². The Morgan fingerprint density at radius 1 is 1.21 bits per heavy atom. The number of hydrogen-bond donors (Lipinski definition) is 5. The summed E-state index contributed by atoms with van der Waals surface area (Å²) in [6, 6.07) is 1.65. The van der Waals surface area contributed by atoms with Gasteiger partial charge in [-0.2, -0.15) is 0 Å². The van der Waals surface area contributed by atoms with Crippen LogP contribution >= 0.6 is 0 Å². The molecule has 0 spiro atoms. The Kier molecular flexibility index (Phi) is 5.94. The second-order valence-corrected chi connectivity index (χ2v) is 4.52. The summed E-state index contributed by atoms with van der Waals surface area (Å²) in [5, 5.41) is 21.9. The van der Waals surface area contributed by atoms with E-state index in [0.717, 1.165) is 12.8 Å². The van der Waals surface area contributed by atoms with Crippen LogP contribution in [0, 0.1) is 0 Å². The Hall–Kier alpha value is -1.44. The third-order valence-corrected chi connectivity index (χ3v) is 3.07. The number of nitrogen functional groups attached to an aromatic ring is 1. The zero-order valence-electron chi connectivity index (χ0n) is 11.5. The van der Waals surface area contributed by atoms with Gasteiger partial charge in [0.15, 0.2) is 0 Å². The summed E-state index contributed by atoms with van der Waals surface area (Å²) in [7, 11) is 0. The molecule has 0 saturated carbocycles. The van der Waals surface area contributed by atoms with E-state index in [2.05, 4.69) is 20.7 Å². The Balaban J connectivity index is 3.01. The zero-order chi connectivity index (χ0) is 14.3. The Labute approximate surface area is 113 Å². The standard InChI is InChI=1S/C12H23N5O2/c1-3-5-9-14-10(6-11(15-9)17-13)16-12(4-2,7-18)8-19/h6,18-19H,3-5,7-8,13H2,1-2H3,(H2,14,15,16,17). The van der Waals surface area contributed by atoms with Gasteiger partial charge in [-0.25, -0.2) is 15.8 Å². The highest BCUT2D eigenvalue weighted by Crippen LogP contribution is 2.19. The first-order chi connectivity index (χ1) is 9.12. The monoisotopic (exact) mass is 269 g/mol. The number of anilines is 2. The molecule has 0 radical (unpaired) electrons.